The maximum Gasteiger partial charge on any atom is 0.264 e. The van der Waals surface area contributed by atoms with Crippen LogP contribution in [0.2, 0.25) is 5.02 Å². The van der Waals surface area contributed by atoms with E-state index < -0.39 is 15.9 Å². The van der Waals surface area contributed by atoms with E-state index in [-0.39, 0.29) is 11.4 Å². The molecule has 1 heterocycles. The summed E-state index contributed by atoms with van der Waals surface area (Å²) >= 11 is 6.09. The van der Waals surface area contributed by atoms with Gasteiger partial charge in [0, 0.05) is 31.2 Å². The van der Waals surface area contributed by atoms with E-state index in [9.17, 15) is 13.2 Å². The number of sulfonamides is 1. The molecule has 0 bridgehead atoms. The zero-order valence-corrected chi connectivity index (χ0v) is 21.8. The molecule has 3 aromatic rings. The molecule has 9 heteroatoms. The lowest BCUT2D eigenvalue weighted by Crippen LogP contribution is -2.41. The van der Waals surface area contributed by atoms with Gasteiger partial charge in [-0.2, -0.15) is 0 Å². The minimum Gasteiger partial charge on any atom is -0.379 e. The average molecular weight is 528 g/mol. The Labute approximate surface area is 217 Å². The van der Waals surface area contributed by atoms with Crippen molar-refractivity contribution in [1.29, 1.82) is 0 Å². The van der Waals surface area contributed by atoms with E-state index in [0.29, 0.717) is 22.8 Å². The van der Waals surface area contributed by atoms with Crippen molar-refractivity contribution in [2.45, 2.75) is 24.9 Å². The lowest BCUT2D eigenvalue weighted by molar-refractivity contribution is -0.119. The van der Waals surface area contributed by atoms with Crippen LogP contribution in [0.3, 0.4) is 0 Å². The van der Waals surface area contributed by atoms with Crippen molar-refractivity contribution >= 4 is 33.2 Å². The van der Waals surface area contributed by atoms with Gasteiger partial charge in [0.25, 0.3) is 10.0 Å². The van der Waals surface area contributed by atoms with Crippen molar-refractivity contribution in [3.8, 4) is 0 Å². The molecule has 7 nitrogen and oxygen atoms in total. The van der Waals surface area contributed by atoms with Crippen LogP contribution in [0.1, 0.15) is 16.7 Å². The molecule has 1 aliphatic heterocycles. The van der Waals surface area contributed by atoms with Gasteiger partial charge in [-0.1, -0.05) is 54.1 Å². The van der Waals surface area contributed by atoms with E-state index in [2.05, 4.69) is 22.3 Å². The fourth-order valence-corrected chi connectivity index (χ4v) is 5.89. The van der Waals surface area contributed by atoms with Gasteiger partial charge in [0.05, 0.1) is 23.8 Å². The number of amides is 1. The summed E-state index contributed by atoms with van der Waals surface area (Å²) < 4.78 is 33.6. The Balaban J connectivity index is 1.48. The summed E-state index contributed by atoms with van der Waals surface area (Å²) in [4.78, 5) is 15.4. The van der Waals surface area contributed by atoms with Gasteiger partial charge in [-0.25, -0.2) is 8.42 Å². The molecule has 1 saturated heterocycles. The maximum absolute atomic E-state index is 13.5. The number of ether oxygens (including phenoxy) is 1. The van der Waals surface area contributed by atoms with E-state index >= 15 is 0 Å². The zero-order chi connectivity index (χ0) is 25.5. The Morgan fingerprint density at radius 2 is 1.72 bits per heavy atom. The minimum atomic E-state index is -3.98. The van der Waals surface area contributed by atoms with Crippen molar-refractivity contribution in [3.63, 3.8) is 0 Å². The summed E-state index contributed by atoms with van der Waals surface area (Å²) in [6.07, 6.45) is 0. The summed E-state index contributed by atoms with van der Waals surface area (Å²) in [5.41, 5.74) is 3.18. The number of nitrogens with zero attached hydrogens (tertiary/aromatic N) is 2. The summed E-state index contributed by atoms with van der Waals surface area (Å²) in [5, 5.41) is 3.37. The first-order chi connectivity index (χ1) is 17.3. The van der Waals surface area contributed by atoms with E-state index in [0.717, 1.165) is 48.3 Å². The van der Waals surface area contributed by atoms with E-state index in [4.69, 9.17) is 16.3 Å². The van der Waals surface area contributed by atoms with Gasteiger partial charge in [-0.05, 0) is 53.9 Å². The lowest BCUT2D eigenvalue weighted by Gasteiger charge is -2.26. The second-order valence-corrected chi connectivity index (χ2v) is 11.0. The predicted molar refractivity (Wildman–Crippen MR) is 142 cm³/mol. The van der Waals surface area contributed by atoms with Crippen LogP contribution in [0, 0.1) is 6.92 Å². The molecule has 0 radical (unpaired) electrons. The predicted octanol–water partition coefficient (Wildman–Crippen LogP) is 3.99. The summed E-state index contributed by atoms with van der Waals surface area (Å²) in [5.74, 6) is -0.401. The van der Waals surface area contributed by atoms with Gasteiger partial charge in [0.2, 0.25) is 5.91 Å². The molecule has 0 aliphatic carbocycles. The smallest absolute Gasteiger partial charge is 0.264 e. The zero-order valence-electron chi connectivity index (χ0n) is 20.2. The van der Waals surface area contributed by atoms with E-state index in [1.165, 1.54) is 12.1 Å². The van der Waals surface area contributed by atoms with Crippen LogP contribution in [0.4, 0.5) is 5.69 Å². The Bertz CT molecular complexity index is 1300. The normalized spacial score (nSPS) is 14.4. The monoisotopic (exact) mass is 527 g/mol. The van der Waals surface area contributed by atoms with Crippen molar-refractivity contribution in [3.05, 3.63) is 94.5 Å². The Morgan fingerprint density at radius 1 is 1.00 bits per heavy atom. The number of rotatable bonds is 9. The molecule has 1 fully saturated rings. The van der Waals surface area contributed by atoms with Gasteiger partial charge < -0.3 is 10.1 Å². The molecule has 0 atom stereocenters. The Hall–Kier alpha value is -2.91. The van der Waals surface area contributed by atoms with Crippen molar-refractivity contribution in [2.24, 2.45) is 0 Å². The number of morpholine rings is 1. The Kier molecular flexibility index (Phi) is 8.64. The third kappa shape index (κ3) is 6.64. The van der Waals surface area contributed by atoms with Crippen LogP contribution in [-0.4, -0.2) is 52.1 Å². The quantitative estimate of drug-likeness (QED) is 0.455. The molecule has 190 valence electrons. The van der Waals surface area contributed by atoms with E-state index in [1.807, 2.05) is 12.1 Å². The average Bonchev–Trinajstić information content (AvgIpc) is 2.88. The third-order valence-corrected chi connectivity index (χ3v) is 8.05. The molecule has 0 saturated carbocycles. The van der Waals surface area contributed by atoms with Crippen LogP contribution in [0.25, 0.3) is 0 Å². The number of aryl methyl sites for hydroxylation is 1. The Morgan fingerprint density at radius 3 is 2.44 bits per heavy atom. The van der Waals surface area contributed by atoms with Crippen LogP contribution in [0.15, 0.2) is 77.7 Å². The largest absolute Gasteiger partial charge is 0.379 e. The number of hydrogen-bond acceptors (Lipinski definition) is 5. The topological polar surface area (TPSA) is 79.0 Å². The first kappa shape index (κ1) is 26.2. The number of hydrogen-bond donors (Lipinski definition) is 1. The summed E-state index contributed by atoms with van der Waals surface area (Å²) in [7, 11) is -3.98. The molecule has 36 heavy (non-hydrogen) atoms. The second kappa shape index (κ2) is 11.9. The fourth-order valence-electron chi connectivity index (χ4n) is 4.16. The molecule has 1 N–H and O–H groups in total. The number of carbonyl (C=O) groups is 1. The molecule has 0 unspecified atom stereocenters. The highest BCUT2D eigenvalue weighted by Gasteiger charge is 2.28. The molecule has 4 rings (SSSR count). The molecule has 3 aromatic carbocycles. The summed E-state index contributed by atoms with van der Waals surface area (Å²) in [6.45, 7) is 5.82. The number of anilines is 1. The van der Waals surface area contributed by atoms with Crippen molar-refractivity contribution in [2.75, 3.05) is 37.2 Å². The lowest BCUT2D eigenvalue weighted by atomic mass is 10.1. The highest BCUT2D eigenvalue weighted by molar-refractivity contribution is 7.92. The minimum absolute atomic E-state index is 0.114. The molecule has 1 amide bonds. The van der Waals surface area contributed by atoms with Crippen LogP contribution in [0.5, 0.6) is 0 Å². The van der Waals surface area contributed by atoms with E-state index in [1.54, 1.807) is 43.3 Å². The van der Waals surface area contributed by atoms with Crippen molar-refractivity contribution in [1.82, 2.24) is 10.2 Å². The third-order valence-electron chi connectivity index (χ3n) is 6.04. The molecular formula is C27H30ClN3O4S. The first-order valence-electron chi connectivity index (χ1n) is 11.8. The maximum atomic E-state index is 13.5. The van der Waals surface area contributed by atoms with Crippen LogP contribution in [-0.2, 0) is 32.6 Å². The second-order valence-electron chi connectivity index (χ2n) is 8.74. The molecule has 0 spiro atoms. The van der Waals surface area contributed by atoms with Crippen molar-refractivity contribution < 1.29 is 17.9 Å². The van der Waals surface area contributed by atoms with Gasteiger partial charge >= 0.3 is 0 Å². The summed E-state index contributed by atoms with van der Waals surface area (Å²) in [6, 6.07) is 21.1. The van der Waals surface area contributed by atoms with Gasteiger partial charge in [-0.15, -0.1) is 0 Å². The van der Waals surface area contributed by atoms with Gasteiger partial charge in [0.15, 0.2) is 0 Å². The highest BCUT2D eigenvalue weighted by atomic mass is 35.5. The van der Waals surface area contributed by atoms with Gasteiger partial charge in [0.1, 0.15) is 6.54 Å². The van der Waals surface area contributed by atoms with Crippen LogP contribution < -0.4 is 9.62 Å². The molecule has 1 aliphatic rings. The number of carbonyl (C=O) groups excluding carboxylic acids is 1. The number of benzene rings is 3. The van der Waals surface area contributed by atoms with Gasteiger partial charge in [-0.3, -0.25) is 14.0 Å². The molecule has 0 aromatic heterocycles. The SMILES string of the molecule is Cc1cc(Cl)ccc1N(CC(=O)NCc1cccc(CN2CCOCC2)c1)S(=O)(=O)c1ccccc1. The number of halogens is 1. The fraction of sp³-hybridized carbons (Fsp3) is 0.296. The standard InChI is InChI=1S/C27H30ClN3O4S/c1-21-16-24(28)10-11-26(21)31(36(33,34)25-8-3-2-4-9-25)20-27(32)29-18-22-6-5-7-23(17-22)19-30-12-14-35-15-13-30/h2-11,16-17H,12-15,18-20H2,1H3,(H,29,32). The molecular weight excluding hydrogens is 498 g/mol. The number of nitrogens with one attached hydrogen (secondary N) is 1. The van der Waals surface area contributed by atoms with Crippen LogP contribution >= 0.6 is 11.6 Å². The first-order valence-corrected chi connectivity index (χ1v) is 13.6. The highest BCUT2D eigenvalue weighted by Crippen LogP contribution is 2.28.